The first-order valence-corrected chi connectivity index (χ1v) is 7.35. The first-order valence-electron chi connectivity index (χ1n) is 7.35. The number of aliphatic carboxylic acids is 1. The Hall–Kier alpha value is -1.79. The normalized spacial score (nSPS) is 17.4. The van der Waals surface area contributed by atoms with Gasteiger partial charge in [-0.2, -0.15) is 0 Å². The summed E-state index contributed by atoms with van der Waals surface area (Å²) in [7, 11) is 0. The number of likely N-dealkylation sites (tertiary alicyclic amines) is 1. The lowest BCUT2D eigenvalue weighted by Gasteiger charge is -2.33. The van der Waals surface area contributed by atoms with Crippen LogP contribution in [0.15, 0.2) is 0 Å². The van der Waals surface area contributed by atoms with Gasteiger partial charge in [-0.05, 0) is 25.2 Å². The van der Waals surface area contributed by atoms with Crippen molar-refractivity contribution in [3.05, 3.63) is 0 Å². The van der Waals surface area contributed by atoms with Gasteiger partial charge in [0.05, 0.1) is 0 Å². The van der Waals surface area contributed by atoms with Crippen molar-refractivity contribution in [3.63, 3.8) is 0 Å². The number of carbonyl (C=O) groups excluding carboxylic acids is 2. The molecular weight excluding hydrogens is 274 g/mol. The first kappa shape index (κ1) is 17.3. The lowest BCUT2D eigenvalue weighted by atomic mass is 10.0. The van der Waals surface area contributed by atoms with E-state index in [4.69, 9.17) is 5.11 Å². The molecule has 1 atom stereocenters. The highest BCUT2D eigenvalue weighted by Crippen LogP contribution is 2.11. The molecular formula is C14H25N3O4. The molecule has 1 fully saturated rings. The van der Waals surface area contributed by atoms with Crippen molar-refractivity contribution < 1.29 is 19.5 Å². The number of carboxylic acids is 1. The standard InChI is InChI=1S/C14H25N3O4/c1-9(2)8-12(13(19)20)16-14(21)17-6-4-11(5-7-17)15-10(3)18/h9,11-12H,4-8H2,1-3H3,(H,15,18)(H,16,21)(H,19,20)/t12-/m0/s1. The Bertz CT molecular complexity index is 390. The second-order valence-corrected chi connectivity index (χ2v) is 5.93. The molecule has 0 aliphatic carbocycles. The maximum absolute atomic E-state index is 12.1. The predicted octanol–water partition coefficient (Wildman–Crippen LogP) is 0.796. The highest BCUT2D eigenvalue weighted by molar-refractivity contribution is 5.82. The predicted molar refractivity (Wildman–Crippen MR) is 77.8 cm³/mol. The first-order chi connectivity index (χ1) is 9.79. The third-order valence-electron chi connectivity index (χ3n) is 3.49. The van der Waals surface area contributed by atoms with Crippen LogP contribution in [0.2, 0.25) is 0 Å². The van der Waals surface area contributed by atoms with Gasteiger partial charge in [0.2, 0.25) is 5.91 Å². The lowest BCUT2D eigenvalue weighted by molar-refractivity contribution is -0.139. The SMILES string of the molecule is CC(=O)NC1CCN(C(=O)N[C@@H](CC(C)C)C(=O)O)CC1. The third kappa shape index (κ3) is 6.01. The molecule has 0 saturated carbocycles. The van der Waals surface area contributed by atoms with Gasteiger partial charge in [0.1, 0.15) is 6.04 Å². The fraction of sp³-hybridized carbons (Fsp3) is 0.786. The molecule has 7 heteroatoms. The molecule has 120 valence electrons. The van der Waals surface area contributed by atoms with E-state index in [2.05, 4.69) is 10.6 Å². The van der Waals surface area contributed by atoms with Crippen molar-refractivity contribution in [2.75, 3.05) is 13.1 Å². The van der Waals surface area contributed by atoms with Crippen LogP contribution in [0.25, 0.3) is 0 Å². The average molecular weight is 299 g/mol. The van der Waals surface area contributed by atoms with Gasteiger partial charge in [-0.1, -0.05) is 13.8 Å². The van der Waals surface area contributed by atoms with Crippen LogP contribution in [0.4, 0.5) is 4.79 Å². The monoisotopic (exact) mass is 299 g/mol. The van der Waals surface area contributed by atoms with Gasteiger partial charge in [0, 0.05) is 26.1 Å². The summed E-state index contributed by atoms with van der Waals surface area (Å²) in [5.41, 5.74) is 0. The summed E-state index contributed by atoms with van der Waals surface area (Å²) >= 11 is 0. The van der Waals surface area contributed by atoms with Crippen molar-refractivity contribution in [2.24, 2.45) is 5.92 Å². The number of urea groups is 1. The number of amides is 3. The van der Waals surface area contributed by atoms with E-state index in [9.17, 15) is 14.4 Å². The van der Waals surface area contributed by atoms with E-state index in [0.29, 0.717) is 32.4 Å². The van der Waals surface area contributed by atoms with E-state index in [-0.39, 0.29) is 23.9 Å². The molecule has 3 amide bonds. The van der Waals surface area contributed by atoms with Crippen LogP contribution < -0.4 is 10.6 Å². The molecule has 1 aliphatic rings. The Morgan fingerprint density at radius 2 is 1.81 bits per heavy atom. The Morgan fingerprint density at radius 3 is 2.24 bits per heavy atom. The van der Waals surface area contributed by atoms with E-state index in [1.165, 1.54) is 6.92 Å². The zero-order valence-electron chi connectivity index (χ0n) is 12.9. The summed E-state index contributed by atoms with van der Waals surface area (Å²) < 4.78 is 0. The highest BCUT2D eigenvalue weighted by atomic mass is 16.4. The smallest absolute Gasteiger partial charge is 0.326 e. The molecule has 1 rings (SSSR count). The van der Waals surface area contributed by atoms with Crippen molar-refractivity contribution in [3.8, 4) is 0 Å². The minimum Gasteiger partial charge on any atom is -0.480 e. The fourth-order valence-corrected chi connectivity index (χ4v) is 2.45. The van der Waals surface area contributed by atoms with Crippen molar-refractivity contribution in [1.29, 1.82) is 0 Å². The molecule has 1 saturated heterocycles. The second-order valence-electron chi connectivity index (χ2n) is 5.93. The maximum Gasteiger partial charge on any atom is 0.326 e. The summed E-state index contributed by atoms with van der Waals surface area (Å²) in [4.78, 5) is 35.8. The van der Waals surface area contributed by atoms with Crippen LogP contribution in [0.1, 0.15) is 40.0 Å². The van der Waals surface area contributed by atoms with Crippen molar-refractivity contribution in [1.82, 2.24) is 15.5 Å². The van der Waals surface area contributed by atoms with Gasteiger partial charge in [0.15, 0.2) is 0 Å². The molecule has 7 nitrogen and oxygen atoms in total. The Balaban J connectivity index is 2.45. The minimum atomic E-state index is -1.01. The van der Waals surface area contributed by atoms with Crippen LogP contribution in [0.3, 0.4) is 0 Å². The number of hydrogen-bond donors (Lipinski definition) is 3. The van der Waals surface area contributed by atoms with E-state index < -0.39 is 12.0 Å². The van der Waals surface area contributed by atoms with Gasteiger partial charge in [-0.3, -0.25) is 4.79 Å². The van der Waals surface area contributed by atoms with E-state index in [1.54, 1.807) is 4.90 Å². The van der Waals surface area contributed by atoms with Crippen LogP contribution in [0, 0.1) is 5.92 Å². The van der Waals surface area contributed by atoms with E-state index in [1.807, 2.05) is 13.8 Å². The summed E-state index contributed by atoms with van der Waals surface area (Å²) in [6, 6.07) is -1.10. The number of carbonyl (C=O) groups is 3. The number of rotatable bonds is 5. The molecule has 0 radical (unpaired) electrons. The number of hydrogen-bond acceptors (Lipinski definition) is 3. The van der Waals surface area contributed by atoms with Gasteiger partial charge in [0.25, 0.3) is 0 Å². The molecule has 0 aromatic carbocycles. The van der Waals surface area contributed by atoms with Crippen LogP contribution >= 0.6 is 0 Å². The summed E-state index contributed by atoms with van der Waals surface area (Å²) in [6.45, 7) is 6.35. The fourth-order valence-electron chi connectivity index (χ4n) is 2.45. The molecule has 0 aromatic rings. The lowest BCUT2D eigenvalue weighted by Crippen LogP contribution is -2.52. The molecule has 21 heavy (non-hydrogen) atoms. The van der Waals surface area contributed by atoms with Gasteiger partial charge in [-0.25, -0.2) is 9.59 Å². The quantitative estimate of drug-likeness (QED) is 0.699. The topological polar surface area (TPSA) is 98.7 Å². The van der Waals surface area contributed by atoms with Crippen molar-refractivity contribution in [2.45, 2.75) is 52.1 Å². The number of nitrogens with zero attached hydrogens (tertiary/aromatic N) is 1. The summed E-state index contributed by atoms with van der Waals surface area (Å²) in [5.74, 6) is -0.886. The van der Waals surface area contributed by atoms with E-state index in [0.717, 1.165) is 0 Å². The van der Waals surface area contributed by atoms with E-state index >= 15 is 0 Å². The minimum absolute atomic E-state index is 0.0687. The second kappa shape index (κ2) is 7.85. The summed E-state index contributed by atoms with van der Waals surface area (Å²) in [5, 5.41) is 14.5. The Kier molecular flexibility index (Phi) is 6.45. The summed E-state index contributed by atoms with van der Waals surface area (Å²) in [6.07, 6.45) is 1.78. The number of piperidine rings is 1. The highest BCUT2D eigenvalue weighted by Gasteiger charge is 2.27. The average Bonchev–Trinajstić information content (AvgIpc) is 2.37. The zero-order chi connectivity index (χ0) is 16.0. The van der Waals surface area contributed by atoms with Crippen LogP contribution in [-0.2, 0) is 9.59 Å². The number of nitrogens with one attached hydrogen (secondary N) is 2. The molecule has 0 bridgehead atoms. The van der Waals surface area contributed by atoms with Crippen molar-refractivity contribution >= 4 is 17.9 Å². The Labute approximate surface area is 125 Å². The van der Waals surface area contributed by atoms with Gasteiger partial charge in [-0.15, -0.1) is 0 Å². The zero-order valence-corrected chi connectivity index (χ0v) is 12.9. The van der Waals surface area contributed by atoms with Crippen LogP contribution in [-0.4, -0.2) is 53.1 Å². The van der Waals surface area contributed by atoms with Gasteiger partial charge < -0.3 is 20.6 Å². The third-order valence-corrected chi connectivity index (χ3v) is 3.49. The molecule has 3 N–H and O–H groups in total. The van der Waals surface area contributed by atoms with Crippen LogP contribution in [0.5, 0.6) is 0 Å². The van der Waals surface area contributed by atoms with Gasteiger partial charge >= 0.3 is 12.0 Å². The molecule has 0 spiro atoms. The maximum atomic E-state index is 12.1. The Morgan fingerprint density at radius 1 is 1.24 bits per heavy atom. The largest absolute Gasteiger partial charge is 0.480 e. The molecule has 0 aromatic heterocycles. The number of carboxylic acid groups (broad SMARTS) is 1. The molecule has 1 heterocycles. The molecule has 0 unspecified atom stereocenters. The molecule has 1 aliphatic heterocycles.